The van der Waals surface area contributed by atoms with Crippen LogP contribution in [0.25, 0.3) is 0 Å². The number of hydrogen-bond donors (Lipinski definition) is 1. The lowest BCUT2D eigenvalue weighted by atomic mass is 10.2. The first kappa shape index (κ1) is 11.7. The number of hydrogen-bond acceptors (Lipinski definition) is 1. The van der Waals surface area contributed by atoms with Gasteiger partial charge in [0.25, 0.3) is 5.91 Å². The molecule has 0 aliphatic rings. The van der Waals surface area contributed by atoms with Gasteiger partial charge in [-0.05, 0) is 24.3 Å². The van der Waals surface area contributed by atoms with Crippen LogP contribution in [-0.2, 0) is 0 Å². The molecule has 2 nitrogen and oxygen atoms in total. The van der Waals surface area contributed by atoms with Crippen LogP contribution < -0.4 is 5.32 Å². The molecule has 1 rings (SSSR count). The van der Waals surface area contributed by atoms with Crippen molar-refractivity contribution in [1.82, 2.24) is 5.32 Å². The fraction of sp³-hybridized carbons (Fsp3) is 0.182. The second kappa shape index (κ2) is 6.19. The molecule has 0 spiro atoms. The molecule has 1 N–H and O–H groups in total. The second-order valence-electron chi connectivity index (χ2n) is 2.84. The van der Waals surface area contributed by atoms with Crippen LogP contribution in [0.5, 0.6) is 0 Å². The van der Waals surface area contributed by atoms with Gasteiger partial charge in [0.05, 0.1) is 0 Å². The lowest BCUT2D eigenvalue weighted by Crippen LogP contribution is -2.23. The molecule has 0 unspecified atom stereocenters. The van der Waals surface area contributed by atoms with E-state index in [-0.39, 0.29) is 11.7 Å². The monoisotopic (exact) mass is 227 g/mol. The molecule has 0 atom stereocenters. The normalized spacial score (nSPS) is 10.5. The lowest BCUT2D eigenvalue weighted by Gasteiger charge is -2.01. The number of carbonyl (C=O) groups is 1. The molecule has 4 heteroatoms. The Hall–Kier alpha value is -1.35. The quantitative estimate of drug-likeness (QED) is 0.621. The molecule has 0 fully saturated rings. The summed E-state index contributed by atoms with van der Waals surface area (Å²) in [6, 6.07) is 5.39. The molecule has 0 aliphatic carbocycles. The summed E-state index contributed by atoms with van der Waals surface area (Å²) < 4.78 is 12.5. The van der Waals surface area contributed by atoms with Crippen molar-refractivity contribution < 1.29 is 9.18 Å². The van der Waals surface area contributed by atoms with Crippen molar-refractivity contribution in [1.29, 1.82) is 0 Å². The van der Waals surface area contributed by atoms with Gasteiger partial charge < -0.3 is 5.32 Å². The van der Waals surface area contributed by atoms with Crippen LogP contribution in [0.1, 0.15) is 10.4 Å². The van der Waals surface area contributed by atoms with Crippen molar-refractivity contribution in [2.75, 3.05) is 12.4 Å². The predicted molar refractivity (Wildman–Crippen MR) is 58.6 cm³/mol. The summed E-state index contributed by atoms with van der Waals surface area (Å²) in [5, 5.41) is 2.65. The van der Waals surface area contributed by atoms with Crippen LogP contribution >= 0.6 is 11.6 Å². The highest BCUT2D eigenvalue weighted by Crippen LogP contribution is 2.01. The van der Waals surface area contributed by atoms with Gasteiger partial charge in [-0.2, -0.15) is 0 Å². The standard InChI is InChI=1S/C11H11ClFNO/c12-7-1-2-8-14-11(15)9-3-5-10(13)6-4-9/h1-6H,7-8H2,(H,14,15)/b2-1+. The van der Waals surface area contributed by atoms with Crippen molar-refractivity contribution in [3.8, 4) is 0 Å². The van der Waals surface area contributed by atoms with E-state index in [0.29, 0.717) is 18.0 Å². The number of alkyl halides is 1. The Labute approximate surface area is 92.7 Å². The number of amides is 1. The molecule has 1 aromatic carbocycles. The minimum Gasteiger partial charge on any atom is -0.349 e. The van der Waals surface area contributed by atoms with E-state index in [1.807, 2.05) is 0 Å². The van der Waals surface area contributed by atoms with E-state index >= 15 is 0 Å². The Bertz CT molecular complexity index is 348. The number of rotatable bonds is 4. The van der Waals surface area contributed by atoms with E-state index in [1.165, 1.54) is 24.3 Å². The smallest absolute Gasteiger partial charge is 0.251 e. The van der Waals surface area contributed by atoms with Gasteiger partial charge >= 0.3 is 0 Å². The largest absolute Gasteiger partial charge is 0.349 e. The van der Waals surface area contributed by atoms with E-state index in [2.05, 4.69) is 5.32 Å². The summed E-state index contributed by atoms with van der Waals surface area (Å²) in [6.07, 6.45) is 3.50. The zero-order valence-corrected chi connectivity index (χ0v) is 8.80. The average molecular weight is 228 g/mol. The minimum absolute atomic E-state index is 0.228. The van der Waals surface area contributed by atoms with Gasteiger partial charge in [-0.15, -0.1) is 11.6 Å². The summed E-state index contributed by atoms with van der Waals surface area (Å²) in [5.74, 6) is -0.158. The summed E-state index contributed by atoms with van der Waals surface area (Å²) in [6.45, 7) is 0.420. The lowest BCUT2D eigenvalue weighted by molar-refractivity contribution is 0.0958. The van der Waals surface area contributed by atoms with Crippen molar-refractivity contribution in [2.45, 2.75) is 0 Å². The van der Waals surface area contributed by atoms with Gasteiger partial charge in [0.1, 0.15) is 5.82 Å². The summed E-state index contributed by atoms with van der Waals surface area (Å²) in [7, 11) is 0. The van der Waals surface area contributed by atoms with E-state index in [4.69, 9.17) is 11.6 Å². The Morgan fingerprint density at radius 2 is 2.00 bits per heavy atom. The van der Waals surface area contributed by atoms with E-state index in [1.54, 1.807) is 12.2 Å². The third-order valence-electron chi connectivity index (χ3n) is 1.74. The summed E-state index contributed by atoms with van der Waals surface area (Å²) in [4.78, 5) is 11.4. The fourth-order valence-corrected chi connectivity index (χ4v) is 1.13. The summed E-state index contributed by atoms with van der Waals surface area (Å²) >= 11 is 5.41. The maximum Gasteiger partial charge on any atom is 0.251 e. The first-order valence-corrected chi connectivity index (χ1v) is 5.02. The van der Waals surface area contributed by atoms with Crippen LogP contribution in [-0.4, -0.2) is 18.3 Å². The Balaban J connectivity index is 2.47. The van der Waals surface area contributed by atoms with E-state index in [9.17, 15) is 9.18 Å². The molecule has 1 aromatic rings. The van der Waals surface area contributed by atoms with Gasteiger partial charge in [-0.25, -0.2) is 4.39 Å². The molecular weight excluding hydrogens is 217 g/mol. The molecule has 0 saturated carbocycles. The van der Waals surface area contributed by atoms with Gasteiger partial charge in [0.15, 0.2) is 0 Å². The average Bonchev–Trinajstić information content (AvgIpc) is 2.25. The Morgan fingerprint density at radius 1 is 1.33 bits per heavy atom. The topological polar surface area (TPSA) is 29.1 Å². The van der Waals surface area contributed by atoms with Crippen LogP contribution in [0.3, 0.4) is 0 Å². The maximum absolute atomic E-state index is 12.5. The Morgan fingerprint density at radius 3 is 2.60 bits per heavy atom. The predicted octanol–water partition coefficient (Wildman–Crippen LogP) is 2.35. The van der Waals surface area contributed by atoms with Crippen molar-refractivity contribution >= 4 is 17.5 Å². The number of halogens is 2. The molecule has 1 amide bonds. The minimum atomic E-state index is -0.353. The number of nitrogens with one attached hydrogen (secondary N) is 1. The van der Waals surface area contributed by atoms with Crippen molar-refractivity contribution in [3.63, 3.8) is 0 Å². The third-order valence-corrected chi connectivity index (χ3v) is 1.92. The summed E-state index contributed by atoms with van der Waals surface area (Å²) in [5.41, 5.74) is 0.440. The molecule has 0 aliphatic heterocycles. The SMILES string of the molecule is O=C(NC/C=C/CCl)c1ccc(F)cc1. The molecule has 0 saturated heterocycles. The maximum atomic E-state index is 12.5. The molecule has 0 heterocycles. The number of benzene rings is 1. The first-order valence-electron chi connectivity index (χ1n) is 4.49. The van der Waals surface area contributed by atoms with Crippen molar-refractivity contribution in [3.05, 3.63) is 47.8 Å². The highest BCUT2D eigenvalue weighted by atomic mass is 35.5. The highest BCUT2D eigenvalue weighted by Gasteiger charge is 2.02. The van der Waals surface area contributed by atoms with Crippen LogP contribution in [0.15, 0.2) is 36.4 Å². The van der Waals surface area contributed by atoms with Gasteiger partial charge in [0, 0.05) is 18.0 Å². The van der Waals surface area contributed by atoms with Crippen LogP contribution in [0.2, 0.25) is 0 Å². The number of allylic oxidation sites excluding steroid dienone is 1. The zero-order valence-electron chi connectivity index (χ0n) is 8.04. The zero-order chi connectivity index (χ0) is 11.1. The molecule has 80 valence electrons. The van der Waals surface area contributed by atoms with Gasteiger partial charge in [-0.3, -0.25) is 4.79 Å². The molecular formula is C11H11ClFNO. The molecule has 15 heavy (non-hydrogen) atoms. The van der Waals surface area contributed by atoms with Crippen molar-refractivity contribution in [2.24, 2.45) is 0 Å². The molecule has 0 aromatic heterocycles. The third kappa shape index (κ3) is 4.13. The van der Waals surface area contributed by atoms with Gasteiger partial charge in [-0.1, -0.05) is 12.2 Å². The number of carbonyl (C=O) groups excluding carboxylic acids is 1. The van der Waals surface area contributed by atoms with Crippen LogP contribution in [0.4, 0.5) is 4.39 Å². The molecule has 0 radical (unpaired) electrons. The van der Waals surface area contributed by atoms with Gasteiger partial charge in [0.2, 0.25) is 0 Å². The van der Waals surface area contributed by atoms with Crippen LogP contribution in [0, 0.1) is 5.82 Å². The fourth-order valence-electron chi connectivity index (χ4n) is 1.00. The second-order valence-corrected chi connectivity index (χ2v) is 3.15. The Kier molecular flexibility index (Phi) is 4.84. The van der Waals surface area contributed by atoms with E-state index < -0.39 is 0 Å². The first-order chi connectivity index (χ1) is 7.24. The molecule has 0 bridgehead atoms. The highest BCUT2D eigenvalue weighted by molar-refractivity contribution is 6.18. The van der Waals surface area contributed by atoms with E-state index in [0.717, 1.165) is 0 Å².